The van der Waals surface area contributed by atoms with Crippen molar-refractivity contribution < 1.29 is 18.7 Å². The quantitative estimate of drug-likeness (QED) is 0.137. The molecular weight excluding hydrogens is 585 g/mol. The fraction of sp³-hybridized carbons (Fsp3) is 0.222. The molecule has 1 aliphatic heterocycles. The number of ether oxygens (including phenoxy) is 2. The number of methoxy groups -OCH3 is 1. The van der Waals surface area contributed by atoms with E-state index in [4.69, 9.17) is 15.2 Å². The number of anilines is 1. The van der Waals surface area contributed by atoms with Gasteiger partial charge in [0.15, 0.2) is 5.49 Å². The van der Waals surface area contributed by atoms with Crippen molar-refractivity contribution in [3.8, 4) is 28.6 Å². The van der Waals surface area contributed by atoms with Crippen molar-refractivity contribution in [3.05, 3.63) is 124 Å². The van der Waals surface area contributed by atoms with Crippen molar-refractivity contribution in [1.29, 1.82) is 0 Å². The van der Waals surface area contributed by atoms with Crippen molar-refractivity contribution in [2.75, 3.05) is 19.1 Å². The molecule has 0 spiro atoms. The third-order valence-electron chi connectivity index (χ3n) is 7.63. The molecule has 10 heteroatoms. The lowest BCUT2D eigenvalue weighted by Crippen LogP contribution is -2.36. The number of amides is 1. The van der Waals surface area contributed by atoms with E-state index in [1.165, 1.54) is 39.5 Å². The van der Waals surface area contributed by atoms with Crippen LogP contribution in [-0.2, 0) is 4.79 Å². The topological polar surface area (TPSA) is 104 Å². The molecule has 0 unspecified atom stereocenters. The molecule has 4 aromatic rings. The fourth-order valence-corrected chi connectivity index (χ4v) is 5.11. The highest BCUT2D eigenvalue weighted by Gasteiger charge is 2.21. The number of nitrogens with zero attached hydrogens (tertiary/aromatic N) is 4. The largest absolute Gasteiger partial charge is 0.495 e. The summed E-state index contributed by atoms with van der Waals surface area (Å²) in [5, 5.41) is 0.388. The van der Waals surface area contributed by atoms with Gasteiger partial charge in [-0.1, -0.05) is 37.6 Å². The van der Waals surface area contributed by atoms with Crippen LogP contribution >= 0.6 is 0 Å². The molecule has 236 valence electrons. The van der Waals surface area contributed by atoms with Gasteiger partial charge in [0, 0.05) is 18.7 Å². The summed E-state index contributed by atoms with van der Waals surface area (Å²) in [6.07, 6.45) is 8.96. The van der Waals surface area contributed by atoms with Crippen LogP contribution in [0.1, 0.15) is 39.5 Å². The SMILES string of the molecule is CCCCC/C=C/C(=O)N(C)c1cc(-n2c3c(n(-c4ccc(Oc5cccc(F)c5)cc4)c2=O)=C(N)C(C)=C=CN=3)ccc1OC. The number of halogens is 1. The van der Waals surface area contributed by atoms with Gasteiger partial charge in [0.05, 0.1) is 36.1 Å². The smallest absolute Gasteiger partial charge is 0.339 e. The Kier molecular flexibility index (Phi) is 9.69. The molecule has 1 amide bonds. The van der Waals surface area contributed by atoms with Gasteiger partial charge < -0.3 is 20.1 Å². The molecule has 0 atom stereocenters. The molecule has 0 saturated carbocycles. The zero-order valence-corrected chi connectivity index (χ0v) is 26.3. The van der Waals surface area contributed by atoms with Crippen LogP contribution in [0, 0.1) is 5.82 Å². The number of fused-ring (bicyclic) bond motifs is 1. The van der Waals surface area contributed by atoms with Crippen LogP contribution in [-0.4, -0.2) is 29.2 Å². The van der Waals surface area contributed by atoms with Crippen molar-refractivity contribution in [2.45, 2.75) is 39.5 Å². The summed E-state index contributed by atoms with van der Waals surface area (Å²) in [5.41, 5.74) is 11.9. The second-order valence-electron chi connectivity index (χ2n) is 10.8. The lowest BCUT2D eigenvalue weighted by atomic mass is 10.2. The minimum Gasteiger partial charge on any atom is -0.495 e. The molecule has 0 bridgehead atoms. The van der Waals surface area contributed by atoms with Gasteiger partial charge in [-0.15, -0.1) is 0 Å². The van der Waals surface area contributed by atoms with Crippen molar-refractivity contribution >= 4 is 17.3 Å². The second kappa shape index (κ2) is 14.0. The van der Waals surface area contributed by atoms with E-state index in [0.29, 0.717) is 56.4 Å². The molecule has 0 saturated heterocycles. The second-order valence-corrected chi connectivity index (χ2v) is 10.8. The van der Waals surface area contributed by atoms with Gasteiger partial charge in [0.1, 0.15) is 28.4 Å². The first-order valence-corrected chi connectivity index (χ1v) is 15.0. The molecule has 0 fully saturated rings. The number of carbonyl (C=O) groups excluding carboxylic acids is 1. The van der Waals surface area contributed by atoms with E-state index < -0.39 is 11.5 Å². The van der Waals surface area contributed by atoms with E-state index in [1.807, 2.05) is 6.08 Å². The average molecular weight is 622 g/mol. The van der Waals surface area contributed by atoms with Crippen molar-refractivity contribution in [3.63, 3.8) is 0 Å². The highest BCUT2D eigenvalue weighted by molar-refractivity contribution is 6.02. The maximum absolute atomic E-state index is 14.3. The molecule has 1 aromatic heterocycles. The fourth-order valence-electron chi connectivity index (χ4n) is 5.11. The van der Waals surface area contributed by atoms with Crippen LogP contribution in [0.2, 0.25) is 0 Å². The molecule has 0 aliphatic carbocycles. The third kappa shape index (κ3) is 6.57. The summed E-state index contributed by atoms with van der Waals surface area (Å²) in [4.78, 5) is 33.4. The standard InChI is InChI=1S/C36H36FN5O4/c1-5-6-7-8-9-13-32(43)40(3)30-23-27(16-19-31(30)45-4)42-35-34(33(38)24(2)20-21-39-35)41(36(42)44)26-14-17-28(18-15-26)46-29-12-10-11-25(37)22-29/h9-19,21-23H,5-8,38H2,1-4H3/b13-9+. The number of aromatic nitrogens is 2. The van der Waals surface area contributed by atoms with E-state index in [1.54, 1.807) is 74.6 Å². The van der Waals surface area contributed by atoms with Crippen LogP contribution in [0.15, 0.2) is 106 Å². The van der Waals surface area contributed by atoms with E-state index >= 15 is 0 Å². The van der Waals surface area contributed by atoms with E-state index in [-0.39, 0.29) is 5.91 Å². The third-order valence-corrected chi connectivity index (χ3v) is 7.63. The van der Waals surface area contributed by atoms with E-state index in [2.05, 4.69) is 17.6 Å². The summed E-state index contributed by atoms with van der Waals surface area (Å²) in [7, 11) is 3.19. The van der Waals surface area contributed by atoms with Crippen molar-refractivity contribution in [1.82, 2.24) is 9.13 Å². The Labute approximate surface area is 266 Å². The molecule has 1 aliphatic rings. The molecule has 46 heavy (non-hydrogen) atoms. The zero-order valence-electron chi connectivity index (χ0n) is 26.3. The number of allylic oxidation sites excluding steroid dienone is 1. The van der Waals surface area contributed by atoms with E-state index in [9.17, 15) is 14.0 Å². The Morgan fingerprint density at radius 2 is 1.80 bits per heavy atom. The van der Waals surface area contributed by atoms with Crippen LogP contribution in [0.3, 0.4) is 0 Å². The molecule has 0 radical (unpaired) electrons. The maximum atomic E-state index is 14.3. The molecular formula is C36H36FN5O4. The van der Waals surface area contributed by atoms with Crippen LogP contribution in [0.5, 0.6) is 17.2 Å². The predicted octanol–water partition coefficient (Wildman–Crippen LogP) is 5.43. The van der Waals surface area contributed by atoms with Gasteiger partial charge in [-0.2, -0.15) is 0 Å². The lowest BCUT2D eigenvalue weighted by molar-refractivity contribution is -0.113. The Balaban J connectivity index is 1.60. The maximum Gasteiger partial charge on any atom is 0.339 e. The first-order valence-electron chi connectivity index (χ1n) is 15.0. The Morgan fingerprint density at radius 3 is 2.52 bits per heavy atom. The number of hydrogen-bond acceptors (Lipinski definition) is 6. The van der Waals surface area contributed by atoms with Crippen molar-refractivity contribution in [2.24, 2.45) is 10.7 Å². The highest BCUT2D eigenvalue weighted by Crippen LogP contribution is 2.30. The molecule has 2 heterocycles. The summed E-state index contributed by atoms with van der Waals surface area (Å²) >= 11 is 0. The summed E-state index contributed by atoms with van der Waals surface area (Å²) < 4.78 is 28.0. The average Bonchev–Trinajstić information content (AvgIpc) is 3.26. The van der Waals surface area contributed by atoms with E-state index in [0.717, 1.165) is 25.7 Å². The Morgan fingerprint density at radius 1 is 1.04 bits per heavy atom. The minimum atomic E-state index is -0.431. The highest BCUT2D eigenvalue weighted by atomic mass is 19.1. The Hall–Kier alpha value is -5.60. The minimum absolute atomic E-state index is 0.221. The first kappa shape index (κ1) is 31.8. The van der Waals surface area contributed by atoms with Crippen LogP contribution in [0.4, 0.5) is 10.1 Å². The molecule has 2 N–H and O–H groups in total. The first-order chi connectivity index (χ1) is 22.2. The normalized spacial score (nSPS) is 12.4. The van der Waals surface area contributed by atoms with Gasteiger partial charge >= 0.3 is 5.69 Å². The van der Waals surface area contributed by atoms with Gasteiger partial charge in [0.2, 0.25) is 5.91 Å². The summed E-state index contributed by atoms with van der Waals surface area (Å²) in [5.74, 6) is 0.638. The van der Waals surface area contributed by atoms with Gasteiger partial charge in [-0.25, -0.2) is 18.7 Å². The number of likely N-dealkylation sites (N-methyl/N-ethyl adjacent to an activating group) is 1. The van der Waals surface area contributed by atoms with Crippen LogP contribution < -0.4 is 36.6 Å². The summed E-state index contributed by atoms with van der Waals surface area (Å²) in [6.45, 7) is 3.93. The number of benzene rings is 3. The Bertz CT molecular complexity index is 2050. The van der Waals surface area contributed by atoms with Gasteiger partial charge in [0.25, 0.3) is 0 Å². The monoisotopic (exact) mass is 621 g/mol. The lowest BCUT2D eigenvalue weighted by Gasteiger charge is -2.19. The number of nitrogens with two attached hydrogens (primary N) is 1. The zero-order chi connectivity index (χ0) is 32.8. The molecule has 5 rings (SSSR count). The van der Waals surface area contributed by atoms with Crippen LogP contribution in [0.25, 0.3) is 17.1 Å². The molecule has 3 aromatic carbocycles. The number of rotatable bonds is 11. The number of imidazole rings is 1. The van der Waals surface area contributed by atoms with Gasteiger partial charge in [-0.05, 0) is 80.4 Å². The predicted molar refractivity (Wildman–Crippen MR) is 177 cm³/mol. The number of unbranched alkanes of at least 4 members (excludes halogenated alkanes) is 3. The number of carbonyl (C=O) groups is 1. The molecule has 9 nitrogen and oxygen atoms in total. The van der Waals surface area contributed by atoms with Gasteiger partial charge in [-0.3, -0.25) is 9.36 Å². The summed E-state index contributed by atoms with van der Waals surface area (Å²) in [6, 6.07) is 17.8. The number of hydrogen-bond donors (Lipinski definition) is 1.